The van der Waals surface area contributed by atoms with Gasteiger partial charge in [0.15, 0.2) is 0 Å². The molecule has 1 N–H and O–H groups in total. The molecule has 1 aliphatic heterocycles. The monoisotopic (exact) mass is 374 g/mol. The van der Waals surface area contributed by atoms with Crippen molar-refractivity contribution in [2.45, 2.75) is 18.9 Å². The summed E-state index contributed by atoms with van der Waals surface area (Å²) < 4.78 is 17.6. The van der Waals surface area contributed by atoms with Crippen LogP contribution in [0.1, 0.15) is 23.2 Å². The van der Waals surface area contributed by atoms with Gasteiger partial charge in [-0.2, -0.15) is 0 Å². The number of hydrogen-bond donors (Lipinski definition) is 1. The zero-order valence-electron chi connectivity index (χ0n) is 14.7. The van der Waals surface area contributed by atoms with Crippen LogP contribution in [-0.4, -0.2) is 42.1 Å². The first-order valence-corrected chi connectivity index (χ1v) is 8.47. The van der Waals surface area contributed by atoms with Crippen molar-refractivity contribution in [3.63, 3.8) is 0 Å². The van der Waals surface area contributed by atoms with Crippen molar-refractivity contribution in [3.05, 3.63) is 58.0 Å². The fraction of sp³-hybridized carbons (Fsp3) is 0.333. The Morgan fingerprint density at radius 3 is 2.59 bits per heavy atom. The maximum Gasteiger partial charge on any atom is 0.339 e. The van der Waals surface area contributed by atoms with Crippen LogP contribution < -0.4 is 10.2 Å². The molecule has 0 saturated carbocycles. The Balaban J connectivity index is 1.69. The van der Waals surface area contributed by atoms with Crippen LogP contribution in [0, 0.1) is 15.9 Å². The predicted octanol–water partition coefficient (Wildman–Crippen LogP) is 3.00. The van der Waals surface area contributed by atoms with Crippen LogP contribution in [0.5, 0.6) is 0 Å². The third-order valence-electron chi connectivity index (χ3n) is 4.47. The molecule has 2 aromatic rings. The molecule has 1 aromatic carbocycles. The number of esters is 1. The van der Waals surface area contributed by atoms with E-state index in [1.807, 2.05) is 4.90 Å². The molecule has 0 radical (unpaired) electrons. The smallest absolute Gasteiger partial charge is 0.339 e. The molecule has 1 aromatic heterocycles. The number of pyridine rings is 1. The first kappa shape index (κ1) is 18.6. The van der Waals surface area contributed by atoms with Crippen molar-refractivity contribution in [2.75, 3.05) is 30.4 Å². The number of ether oxygens (including phenoxy) is 1. The van der Waals surface area contributed by atoms with E-state index in [4.69, 9.17) is 0 Å². The highest BCUT2D eigenvalue weighted by atomic mass is 19.1. The van der Waals surface area contributed by atoms with Crippen LogP contribution in [0.15, 0.2) is 36.5 Å². The summed E-state index contributed by atoms with van der Waals surface area (Å²) >= 11 is 0. The van der Waals surface area contributed by atoms with Gasteiger partial charge in [0.2, 0.25) is 5.82 Å². The molecule has 3 rings (SSSR count). The first-order valence-electron chi connectivity index (χ1n) is 8.47. The van der Waals surface area contributed by atoms with Crippen molar-refractivity contribution in [3.8, 4) is 0 Å². The number of rotatable bonds is 5. The maximum atomic E-state index is 13.0. The molecule has 0 amide bonds. The number of nitrogens with zero attached hydrogens (tertiary/aromatic N) is 3. The molecule has 0 spiro atoms. The highest BCUT2D eigenvalue weighted by Crippen LogP contribution is 2.29. The van der Waals surface area contributed by atoms with Crippen LogP contribution in [0.4, 0.5) is 21.6 Å². The number of methoxy groups -OCH3 is 1. The van der Waals surface area contributed by atoms with Crippen molar-refractivity contribution in [1.29, 1.82) is 0 Å². The lowest BCUT2D eigenvalue weighted by atomic mass is 10.0. The number of halogens is 1. The van der Waals surface area contributed by atoms with Gasteiger partial charge in [-0.3, -0.25) is 10.1 Å². The predicted molar refractivity (Wildman–Crippen MR) is 97.5 cm³/mol. The lowest BCUT2D eigenvalue weighted by Crippen LogP contribution is -2.39. The number of nitrogens with one attached hydrogen (secondary N) is 1. The molecule has 27 heavy (non-hydrogen) atoms. The van der Waals surface area contributed by atoms with Crippen LogP contribution in [0.2, 0.25) is 0 Å². The molecule has 9 heteroatoms. The Kier molecular flexibility index (Phi) is 5.49. The number of carbonyl (C=O) groups is 1. The Bertz CT molecular complexity index is 836. The number of nitro groups is 1. The van der Waals surface area contributed by atoms with Gasteiger partial charge in [-0.1, -0.05) is 0 Å². The van der Waals surface area contributed by atoms with E-state index in [0.717, 1.165) is 18.5 Å². The van der Waals surface area contributed by atoms with E-state index in [0.29, 0.717) is 13.1 Å². The summed E-state index contributed by atoms with van der Waals surface area (Å²) in [5.41, 5.74) is 0.657. The second-order valence-corrected chi connectivity index (χ2v) is 6.23. The number of anilines is 2. The van der Waals surface area contributed by atoms with Crippen molar-refractivity contribution < 1.29 is 18.8 Å². The number of aromatic nitrogens is 1. The summed E-state index contributed by atoms with van der Waals surface area (Å²) in [6, 6.07) is 7.53. The molecule has 1 saturated heterocycles. The van der Waals surface area contributed by atoms with E-state index in [1.165, 1.54) is 31.5 Å². The Morgan fingerprint density at radius 2 is 2.00 bits per heavy atom. The molecule has 8 nitrogen and oxygen atoms in total. The first-order chi connectivity index (χ1) is 13.0. The third kappa shape index (κ3) is 4.30. The van der Waals surface area contributed by atoms with E-state index in [2.05, 4.69) is 15.0 Å². The minimum Gasteiger partial charge on any atom is -0.465 e. The van der Waals surface area contributed by atoms with Gasteiger partial charge in [0.05, 0.1) is 17.6 Å². The van der Waals surface area contributed by atoms with E-state index >= 15 is 0 Å². The lowest BCUT2D eigenvalue weighted by Gasteiger charge is -2.33. The summed E-state index contributed by atoms with van der Waals surface area (Å²) in [6.07, 6.45) is 2.78. The van der Waals surface area contributed by atoms with Gasteiger partial charge in [0, 0.05) is 37.1 Å². The zero-order chi connectivity index (χ0) is 19.4. The summed E-state index contributed by atoms with van der Waals surface area (Å²) in [7, 11) is 1.21. The Morgan fingerprint density at radius 1 is 1.33 bits per heavy atom. The van der Waals surface area contributed by atoms with Gasteiger partial charge < -0.3 is 15.0 Å². The quantitative estimate of drug-likeness (QED) is 0.488. The van der Waals surface area contributed by atoms with Gasteiger partial charge in [-0.15, -0.1) is 0 Å². The fourth-order valence-electron chi connectivity index (χ4n) is 3.07. The minimum absolute atomic E-state index is 0.0424. The van der Waals surface area contributed by atoms with E-state index in [1.54, 1.807) is 12.1 Å². The molecule has 142 valence electrons. The normalized spacial score (nSPS) is 14.7. The second-order valence-electron chi connectivity index (χ2n) is 6.23. The van der Waals surface area contributed by atoms with Gasteiger partial charge in [0.25, 0.3) is 0 Å². The van der Waals surface area contributed by atoms with Crippen molar-refractivity contribution in [2.24, 2.45) is 0 Å². The molecule has 0 bridgehead atoms. The third-order valence-corrected chi connectivity index (χ3v) is 4.47. The summed E-state index contributed by atoms with van der Waals surface area (Å²) in [6.45, 7) is 1.15. The highest BCUT2D eigenvalue weighted by molar-refractivity contribution is 5.90. The van der Waals surface area contributed by atoms with Crippen LogP contribution in [0.3, 0.4) is 0 Å². The largest absolute Gasteiger partial charge is 0.465 e. The molecular formula is C18H19FN4O4. The van der Waals surface area contributed by atoms with E-state index < -0.39 is 10.9 Å². The van der Waals surface area contributed by atoms with E-state index in [-0.39, 0.29) is 28.9 Å². The lowest BCUT2D eigenvalue weighted by molar-refractivity contribution is -0.384. The van der Waals surface area contributed by atoms with Gasteiger partial charge >= 0.3 is 11.7 Å². The van der Waals surface area contributed by atoms with Crippen LogP contribution in [0.25, 0.3) is 0 Å². The van der Waals surface area contributed by atoms with Crippen LogP contribution in [-0.2, 0) is 4.74 Å². The average Bonchev–Trinajstić information content (AvgIpc) is 2.69. The highest BCUT2D eigenvalue weighted by Gasteiger charge is 2.27. The molecule has 1 aliphatic rings. The Hall–Kier alpha value is -3.23. The maximum absolute atomic E-state index is 13.0. The summed E-state index contributed by atoms with van der Waals surface area (Å²) in [5, 5.41) is 14.7. The Labute approximate surface area is 155 Å². The van der Waals surface area contributed by atoms with Gasteiger partial charge in [0.1, 0.15) is 5.82 Å². The van der Waals surface area contributed by atoms with Gasteiger partial charge in [-0.05, 0) is 37.1 Å². The topological polar surface area (TPSA) is 97.6 Å². The SMILES string of the molecule is COC(=O)c1cnc(N2CCC(Nc3ccc(F)cc3)CC2)c([N+](=O)[O-])c1. The molecular weight excluding hydrogens is 355 g/mol. The fourth-order valence-corrected chi connectivity index (χ4v) is 3.07. The van der Waals surface area contributed by atoms with Crippen molar-refractivity contribution in [1.82, 2.24) is 4.98 Å². The molecule has 0 unspecified atom stereocenters. The standard InChI is InChI=1S/C18H19FN4O4/c1-27-18(24)12-10-16(23(25)26)17(20-11-12)22-8-6-15(7-9-22)21-14-4-2-13(19)3-5-14/h2-5,10-11,15,21H,6-9H2,1H3. The van der Waals surface area contributed by atoms with E-state index in [9.17, 15) is 19.3 Å². The number of hydrogen-bond acceptors (Lipinski definition) is 7. The molecule has 2 heterocycles. The number of benzene rings is 1. The minimum atomic E-state index is -0.667. The number of piperidine rings is 1. The zero-order valence-corrected chi connectivity index (χ0v) is 14.7. The summed E-state index contributed by atoms with van der Waals surface area (Å²) in [5.74, 6) is -0.712. The van der Waals surface area contributed by atoms with Gasteiger partial charge in [-0.25, -0.2) is 14.2 Å². The number of carbonyl (C=O) groups excluding carboxylic acids is 1. The molecule has 0 atom stereocenters. The molecule has 1 fully saturated rings. The van der Waals surface area contributed by atoms with Crippen LogP contribution >= 0.6 is 0 Å². The second kappa shape index (κ2) is 7.98. The average molecular weight is 374 g/mol. The molecule has 0 aliphatic carbocycles. The summed E-state index contributed by atoms with van der Waals surface area (Å²) in [4.78, 5) is 28.4. The van der Waals surface area contributed by atoms with Crippen molar-refractivity contribution >= 4 is 23.2 Å².